The number of ether oxygens (including phenoxy) is 1. The molecule has 0 aliphatic carbocycles. The molecule has 0 spiro atoms. The van der Waals surface area contributed by atoms with Gasteiger partial charge in [-0.2, -0.15) is 0 Å². The van der Waals surface area contributed by atoms with Gasteiger partial charge < -0.3 is 15.0 Å². The number of hydrogen-bond donors (Lipinski definition) is 1. The number of para-hydroxylation sites is 1. The summed E-state index contributed by atoms with van der Waals surface area (Å²) in [7, 11) is 4.16. The van der Waals surface area contributed by atoms with Crippen molar-refractivity contribution in [2.45, 2.75) is 19.6 Å². The molecule has 0 saturated heterocycles. The molecule has 0 unspecified atom stereocenters. The normalized spacial score (nSPS) is 10.5. The highest BCUT2D eigenvalue weighted by Gasteiger charge is 2.03. The number of benzene rings is 2. The van der Waals surface area contributed by atoms with E-state index in [1.807, 2.05) is 18.2 Å². The predicted molar refractivity (Wildman–Crippen MR) is 95.1 cm³/mol. The average Bonchev–Trinajstić information content (AvgIpc) is 2.54. The van der Waals surface area contributed by atoms with Crippen molar-refractivity contribution in [3.63, 3.8) is 0 Å². The van der Waals surface area contributed by atoms with E-state index in [1.165, 1.54) is 11.1 Å². The van der Waals surface area contributed by atoms with E-state index in [9.17, 15) is 0 Å². The van der Waals surface area contributed by atoms with Crippen LogP contribution in [0.25, 0.3) is 0 Å². The number of nitrogens with one attached hydrogen (secondary N) is 1. The first-order valence-corrected chi connectivity index (χ1v) is 7.76. The number of terminal acetylenes is 1. The number of nitrogens with zero attached hydrogens (tertiary/aromatic N) is 1. The molecule has 2 aromatic rings. The molecular weight excluding hydrogens is 284 g/mol. The van der Waals surface area contributed by atoms with Gasteiger partial charge in [0.15, 0.2) is 0 Å². The lowest BCUT2D eigenvalue weighted by molar-refractivity contribution is 0.364. The zero-order valence-electron chi connectivity index (χ0n) is 13.9. The Hall–Kier alpha value is -2.28. The monoisotopic (exact) mass is 308 g/mol. The summed E-state index contributed by atoms with van der Waals surface area (Å²) < 4.78 is 5.57. The maximum atomic E-state index is 5.57. The fraction of sp³-hybridized carbons (Fsp3) is 0.300. The standard InChI is InChI=1S/C20H24N2O/c1-4-12-23-20-11-6-5-10-19(20)15-21-14-17-8-7-9-18(13-17)16-22(2)3/h1,5-11,13,21H,12,14-16H2,2-3H3. The van der Waals surface area contributed by atoms with E-state index < -0.39 is 0 Å². The van der Waals surface area contributed by atoms with E-state index >= 15 is 0 Å². The molecule has 3 nitrogen and oxygen atoms in total. The van der Waals surface area contributed by atoms with Crippen molar-refractivity contribution in [3.8, 4) is 18.1 Å². The summed E-state index contributed by atoms with van der Waals surface area (Å²) in [6.07, 6.45) is 5.26. The molecule has 2 rings (SSSR count). The summed E-state index contributed by atoms with van der Waals surface area (Å²) in [6.45, 7) is 2.82. The maximum absolute atomic E-state index is 5.57. The molecular formula is C20H24N2O. The first kappa shape index (κ1) is 17.1. The van der Waals surface area contributed by atoms with E-state index in [2.05, 4.69) is 60.6 Å². The fourth-order valence-corrected chi connectivity index (χ4v) is 2.45. The molecule has 0 atom stereocenters. The highest BCUT2D eigenvalue weighted by Crippen LogP contribution is 2.17. The molecule has 2 aromatic carbocycles. The smallest absolute Gasteiger partial charge is 0.148 e. The van der Waals surface area contributed by atoms with Crippen molar-refractivity contribution in [2.75, 3.05) is 20.7 Å². The summed E-state index contributed by atoms with van der Waals surface area (Å²) in [5, 5.41) is 3.47. The number of rotatable bonds is 8. The Kier molecular flexibility index (Phi) is 6.68. The molecule has 0 aliphatic heterocycles. The largest absolute Gasteiger partial charge is 0.481 e. The van der Waals surface area contributed by atoms with Gasteiger partial charge >= 0.3 is 0 Å². The molecule has 0 radical (unpaired) electrons. The van der Waals surface area contributed by atoms with Crippen LogP contribution in [-0.2, 0) is 19.6 Å². The summed E-state index contributed by atoms with van der Waals surface area (Å²) in [6, 6.07) is 16.6. The van der Waals surface area contributed by atoms with Crippen molar-refractivity contribution in [3.05, 3.63) is 65.2 Å². The lowest BCUT2D eigenvalue weighted by Gasteiger charge is -2.12. The van der Waals surface area contributed by atoms with Crippen LogP contribution in [0.3, 0.4) is 0 Å². The molecule has 0 saturated carbocycles. The lowest BCUT2D eigenvalue weighted by atomic mass is 10.1. The Morgan fingerprint density at radius 3 is 2.61 bits per heavy atom. The van der Waals surface area contributed by atoms with Crippen LogP contribution in [0, 0.1) is 12.3 Å². The molecule has 120 valence electrons. The van der Waals surface area contributed by atoms with Gasteiger partial charge in [-0.15, -0.1) is 6.42 Å². The first-order chi connectivity index (χ1) is 11.2. The number of hydrogen-bond acceptors (Lipinski definition) is 3. The van der Waals surface area contributed by atoms with Crippen LogP contribution in [0.4, 0.5) is 0 Å². The van der Waals surface area contributed by atoms with Crippen molar-refractivity contribution < 1.29 is 4.74 Å². The molecule has 0 aromatic heterocycles. The van der Waals surface area contributed by atoms with E-state index in [0.29, 0.717) is 6.61 Å². The third-order valence-corrected chi connectivity index (χ3v) is 3.42. The Labute approximate surface area is 139 Å². The SMILES string of the molecule is C#CCOc1ccccc1CNCc1cccc(CN(C)C)c1. The minimum Gasteiger partial charge on any atom is -0.481 e. The highest BCUT2D eigenvalue weighted by atomic mass is 16.5. The fourth-order valence-electron chi connectivity index (χ4n) is 2.45. The molecule has 0 aliphatic rings. The second-order valence-corrected chi connectivity index (χ2v) is 5.76. The van der Waals surface area contributed by atoms with Gasteiger partial charge in [0.2, 0.25) is 0 Å². The second-order valence-electron chi connectivity index (χ2n) is 5.76. The Morgan fingerprint density at radius 1 is 1.04 bits per heavy atom. The summed E-state index contributed by atoms with van der Waals surface area (Å²) >= 11 is 0. The Morgan fingerprint density at radius 2 is 1.83 bits per heavy atom. The van der Waals surface area contributed by atoms with E-state index in [-0.39, 0.29) is 0 Å². The molecule has 0 amide bonds. The van der Waals surface area contributed by atoms with Crippen LogP contribution in [-0.4, -0.2) is 25.6 Å². The minimum atomic E-state index is 0.295. The third kappa shape index (κ3) is 5.78. The topological polar surface area (TPSA) is 24.5 Å². The highest BCUT2D eigenvalue weighted by molar-refractivity contribution is 5.33. The molecule has 23 heavy (non-hydrogen) atoms. The van der Waals surface area contributed by atoms with Crippen molar-refractivity contribution in [1.82, 2.24) is 10.2 Å². The maximum Gasteiger partial charge on any atom is 0.148 e. The van der Waals surface area contributed by atoms with Gasteiger partial charge in [-0.25, -0.2) is 0 Å². The summed E-state index contributed by atoms with van der Waals surface area (Å²) in [5.74, 6) is 3.35. The summed E-state index contributed by atoms with van der Waals surface area (Å²) in [5.41, 5.74) is 3.73. The van der Waals surface area contributed by atoms with Crippen molar-refractivity contribution in [2.24, 2.45) is 0 Å². The van der Waals surface area contributed by atoms with Gasteiger partial charge in [0.25, 0.3) is 0 Å². The molecule has 0 fully saturated rings. The zero-order valence-corrected chi connectivity index (χ0v) is 13.9. The van der Waals surface area contributed by atoms with Crippen LogP contribution in [0.2, 0.25) is 0 Å². The molecule has 3 heteroatoms. The van der Waals surface area contributed by atoms with Gasteiger partial charge in [-0.1, -0.05) is 48.4 Å². The van der Waals surface area contributed by atoms with Crippen LogP contribution in [0.15, 0.2) is 48.5 Å². The van der Waals surface area contributed by atoms with Gasteiger partial charge in [-0.05, 0) is 31.3 Å². The first-order valence-electron chi connectivity index (χ1n) is 7.76. The molecule has 1 N–H and O–H groups in total. The lowest BCUT2D eigenvalue weighted by Crippen LogP contribution is -2.15. The second kappa shape index (κ2) is 8.99. The Bertz CT molecular complexity index is 659. The zero-order chi connectivity index (χ0) is 16.5. The van der Waals surface area contributed by atoms with Crippen LogP contribution in [0.5, 0.6) is 5.75 Å². The van der Waals surface area contributed by atoms with Gasteiger partial charge in [0.05, 0.1) is 0 Å². The van der Waals surface area contributed by atoms with Gasteiger partial charge in [-0.3, -0.25) is 0 Å². The minimum absolute atomic E-state index is 0.295. The van der Waals surface area contributed by atoms with E-state index in [0.717, 1.165) is 30.9 Å². The van der Waals surface area contributed by atoms with Crippen LogP contribution >= 0.6 is 0 Å². The van der Waals surface area contributed by atoms with E-state index in [4.69, 9.17) is 11.2 Å². The molecule has 0 heterocycles. The quantitative estimate of drug-likeness (QED) is 0.759. The third-order valence-electron chi connectivity index (χ3n) is 3.42. The van der Waals surface area contributed by atoms with Crippen LogP contribution < -0.4 is 10.1 Å². The predicted octanol–water partition coefficient (Wildman–Crippen LogP) is 3.05. The van der Waals surface area contributed by atoms with Crippen molar-refractivity contribution in [1.29, 1.82) is 0 Å². The summed E-state index contributed by atoms with van der Waals surface area (Å²) in [4.78, 5) is 2.17. The average molecular weight is 308 g/mol. The molecule has 0 bridgehead atoms. The van der Waals surface area contributed by atoms with Crippen LogP contribution in [0.1, 0.15) is 16.7 Å². The van der Waals surface area contributed by atoms with Gasteiger partial charge in [0, 0.05) is 25.2 Å². The van der Waals surface area contributed by atoms with E-state index in [1.54, 1.807) is 0 Å². The Balaban J connectivity index is 1.91. The van der Waals surface area contributed by atoms with Gasteiger partial charge in [0.1, 0.15) is 12.4 Å². The van der Waals surface area contributed by atoms with Crippen molar-refractivity contribution >= 4 is 0 Å².